The highest BCUT2D eigenvalue weighted by Gasteiger charge is 2.61. The van der Waals surface area contributed by atoms with Gasteiger partial charge in [-0.05, 0) is 166 Å². The number of hydrogen-bond donors (Lipinski definition) is 0. The van der Waals surface area contributed by atoms with Gasteiger partial charge in [-0.2, -0.15) is 0 Å². The lowest BCUT2D eigenvalue weighted by Gasteiger charge is -2.61. The van der Waals surface area contributed by atoms with Crippen LogP contribution in [0.5, 0.6) is 0 Å². The molecular weight excluding hydrogens is 691 g/mol. The van der Waals surface area contributed by atoms with Gasteiger partial charge in [-0.1, -0.05) is 114 Å². The summed E-state index contributed by atoms with van der Waals surface area (Å²) in [4.78, 5) is 2.64. The lowest BCUT2D eigenvalue weighted by molar-refractivity contribution is -0.0399. The number of para-hydroxylation sites is 1. The minimum Gasteiger partial charge on any atom is -0.454 e. The van der Waals surface area contributed by atoms with Crippen molar-refractivity contribution in [3.8, 4) is 11.1 Å². The Hall–Kier alpha value is -4.82. The molecule has 1 unspecified atom stereocenters. The molecular formula is C55H55NO. The summed E-state index contributed by atoms with van der Waals surface area (Å²) in [6.45, 7) is 16.5. The summed E-state index contributed by atoms with van der Waals surface area (Å²) in [5.74, 6) is 3.65. The number of fused-ring (bicyclic) bond motifs is 8. The zero-order valence-corrected chi connectivity index (χ0v) is 34.8. The average molecular weight is 746 g/mol. The van der Waals surface area contributed by atoms with Crippen LogP contribution in [0.4, 0.5) is 11.4 Å². The summed E-state index contributed by atoms with van der Waals surface area (Å²) in [6.07, 6.45) is 10.6. The molecule has 5 aromatic carbocycles. The van der Waals surface area contributed by atoms with E-state index in [1.54, 1.807) is 11.1 Å². The molecule has 4 saturated carbocycles. The number of benzene rings is 5. The second-order valence-electron chi connectivity index (χ2n) is 20.7. The van der Waals surface area contributed by atoms with Crippen LogP contribution in [-0.2, 0) is 16.2 Å². The maximum Gasteiger partial charge on any atom is 0.159 e. The highest BCUT2D eigenvalue weighted by molar-refractivity contribution is 6.11. The topological polar surface area (TPSA) is 16.4 Å². The molecule has 2 nitrogen and oxygen atoms in total. The molecule has 0 N–H and O–H groups in total. The van der Waals surface area contributed by atoms with E-state index >= 15 is 0 Å². The normalized spacial score (nSPS) is 27.6. The number of rotatable bonds is 3. The van der Waals surface area contributed by atoms with E-state index in [4.69, 9.17) is 4.42 Å². The molecule has 13 rings (SSSR count). The van der Waals surface area contributed by atoms with Crippen molar-refractivity contribution in [2.24, 2.45) is 29.6 Å². The molecule has 7 aliphatic carbocycles. The standard InChI is InChI=1S/C55H55NO/c1-31-21-35(53(3,4)5)28-49-51(31)43-15-12-18-48(52(43)57-49)56(39-22-32(2)50-42-14-9-10-16-44(42)54(6,7)47(50)30-39)38-19-20-41-40-13-8-11-17-45(40)55(46(41)29-38)36-24-33-23-34(26-36)27-37(55)25-33/h8-21,28-30,32-34,36-37H,22-27H2,1-7H3. The van der Waals surface area contributed by atoms with E-state index in [0.29, 0.717) is 5.92 Å². The van der Waals surface area contributed by atoms with Crippen LogP contribution < -0.4 is 4.90 Å². The summed E-state index contributed by atoms with van der Waals surface area (Å²) >= 11 is 0. The summed E-state index contributed by atoms with van der Waals surface area (Å²) in [6, 6.07) is 37.9. The number of allylic oxidation sites excluding steroid dienone is 4. The van der Waals surface area contributed by atoms with Crippen LogP contribution in [0.15, 0.2) is 119 Å². The van der Waals surface area contributed by atoms with Crippen LogP contribution in [0, 0.1) is 36.5 Å². The summed E-state index contributed by atoms with van der Waals surface area (Å²) in [7, 11) is 0. The molecule has 1 heterocycles. The van der Waals surface area contributed by atoms with Gasteiger partial charge in [-0.15, -0.1) is 0 Å². The molecule has 4 bridgehead atoms. The SMILES string of the molecule is Cc1cc(C(C)(C)C)cc2oc3c(N(C4=CC5=C(c6ccccc6C5(C)C)C(C)C4)c4ccc5c(c4)C4(c6ccccc6-5)C5CC6CC(C5)CC4C6)cccc3c12. The van der Waals surface area contributed by atoms with Crippen molar-refractivity contribution < 1.29 is 4.42 Å². The van der Waals surface area contributed by atoms with E-state index in [9.17, 15) is 0 Å². The molecule has 6 aromatic rings. The zero-order valence-electron chi connectivity index (χ0n) is 34.8. The molecule has 0 aliphatic heterocycles. The molecule has 7 aliphatic rings. The van der Waals surface area contributed by atoms with Crippen molar-refractivity contribution in [1.82, 2.24) is 0 Å². The van der Waals surface area contributed by atoms with E-state index in [0.717, 1.165) is 46.9 Å². The van der Waals surface area contributed by atoms with Crippen molar-refractivity contribution >= 4 is 38.9 Å². The Bertz CT molecular complexity index is 2750. The fourth-order valence-corrected chi connectivity index (χ4v) is 13.9. The van der Waals surface area contributed by atoms with Gasteiger partial charge in [-0.25, -0.2) is 0 Å². The minimum absolute atomic E-state index is 0.0306. The maximum absolute atomic E-state index is 7.15. The molecule has 0 radical (unpaired) electrons. The third kappa shape index (κ3) is 4.48. The smallest absolute Gasteiger partial charge is 0.159 e. The van der Waals surface area contributed by atoms with Gasteiger partial charge in [-0.3, -0.25) is 0 Å². The number of anilines is 2. The van der Waals surface area contributed by atoms with Crippen molar-refractivity contribution in [2.45, 2.75) is 103 Å². The van der Waals surface area contributed by atoms with Crippen LogP contribution in [0.3, 0.4) is 0 Å². The van der Waals surface area contributed by atoms with Crippen LogP contribution in [0.1, 0.15) is 113 Å². The van der Waals surface area contributed by atoms with Gasteiger partial charge >= 0.3 is 0 Å². The minimum atomic E-state index is -0.0760. The van der Waals surface area contributed by atoms with Gasteiger partial charge in [0.15, 0.2) is 5.58 Å². The first-order chi connectivity index (χ1) is 27.4. The predicted octanol–water partition coefficient (Wildman–Crippen LogP) is 14.7. The van der Waals surface area contributed by atoms with E-state index in [2.05, 4.69) is 157 Å². The van der Waals surface area contributed by atoms with Gasteiger partial charge < -0.3 is 9.32 Å². The Morgan fingerprint density at radius 3 is 2.12 bits per heavy atom. The molecule has 286 valence electrons. The van der Waals surface area contributed by atoms with Crippen LogP contribution in [-0.4, -0.2) is 0 Å². The van der Waals surface area contributed by atoms with E-state index in [1.165, 1.54) is 98.8 Å². The Kier molecular flexibility index (Phi) is 6.87. The monoisotopic (exact) mass is 745 g/mol. The van der Waals surface area contributed by atoms with Gasteiger partial charge in [0.05, 0.1) is 5.69 Å². The first kappa shape index (κ1) is 34.2. The quantitative estimate of drug-likeness (QED) is 0.179. The maximum atomic E-state index is 7.15. The Morgan fingerprint density at radius 1 is 0.702 bits per heavy atom. The van der Waals surface area contributed by atoms with Gasteiger partial charge in [0.2, 0.25) is 0 Å². The Balaban J connectivity index is 1.11. The first-order valence-electron chi connectivity index (χ1n) is 22.0. The molecule has 1 spiro atoms. The predicted molar refractivity (Wildman–Crippen MR) is 237 cm³/mol. The second kappa shape index (κ2) is 11.4. The van der Waals surface area contributed by atoms with E-state index in [-0.39, 0.29) is 16.2 Å². The number of aryl methyl sites for hydroxylation is 1. The summed E-state index contributed by atoms with van der Waals surface area (Å²) in [5, 5.41) is 2.44. The summed E-state index contributed by atoms with van der Waals surface area (Å²) < 4.78 is 7.15. The van der Waals surface area contributed by atoms with Gasteiger partial charge in [0, 0.05) is 33.0 Å². The number of nitrogens with zero attached hydrogens (tertiary/aromatic N) is 1. The average Bonchev–Trinajstić information content (AvgIpc) is 3.78. The van der Waals surface area contributed by atoms with E-state index < -0.39 is 0 Å². The molecule has 57 heavy (non-hydrogen) atoms. The van der Waals surface area contributed by atoms with Crippen molar-refractivity contribution in [2.75, 3.05) is 4.90 Å². The van der Waals surface area contributed by atoms with Gasteiger partial charge in [0.1, 0.15) is 5.58 Å². The molecule has 1 aromatic heterocycles. The molecule has 2 heteroatoms. The number of hydrogen-bond acceptors (Lipinski definition) is 2. The van der Waals surface area contributed by atoms with E-state index in [1.807, 2.05) is 0 Å². The highest BCUT2D eigenvalue weighted by Crippen LogP contribution is 2.70. The third-order valence-electron chi connectivity index (χ3n) is 16.1. The second-order valence-corrected chi connectivity index (χ2v) is 20.7. The third-order valence-corrected chi connectivity index (χ3v) is 16.1. The fourth-order valence-electron chi connectivity index (χ4n) is 13.9. The van der Waals surface area contributed by atoms with Crippen molar-refractivity contribution in [3.63, 3.8) is 0 Å². The number of furan rings is 1. The van der Waals surface area contributed by atoms with Crippen LogP contribution in [0.2, 0.25) is 0 Å². The Morgan fingerprint density at radius 2 is 1.39 bits per heavy atom. The molecule has 4 fully saturated rings. The van der Waals surface area contributed by atoms with Crippen LogP contribution >= 0.6 is 0 Å². The van der Waals surface area contributed by atoms with Crippen molar-refractivity contribution in [1.29, 1.82) is 0 Å². The fraction of sp³-hybridized carbons (Fsp3) is 0.382. The molecule has 0 amide bonds. The molecule has 1 atom stereocenters. The van der Waals surface area contributed by atoms with Gasteiger partial charge in [0.25, 0.3) is 0 Å². The lowest BCUT2D eigenvalue weighted by atomic mass is 9.43. The largest absolute Gasteiger partial charge is 0.454 e. The summed E-state index contributed by atoms with van der Waals surface area (Å²) in [5.41, 5.74) is 20.5. The Labute approximate surface area is 338 Å². The first-order valence-corrected chi connectivity index (χ1v) is 22.0. The van der Waals surface area contributed by atoms with Crippen LogP contribution in [0.25, 0.3) is 38.6 Å². The van der Waals surface area contributed by atoms with Crippen molar-refractivity contribution in [3.05, 3.63) is 148 Å². The molecule has 0 saturated heterocycles. The lowest BCUT2D eigenvalue weighted by Crippen LogP contribution is -2.55. The zero-order chi connectivity index (χ0) is 38.7. The highest BCUT2D eigenvalue weighted by atomic mass is 16.3.